The lowest BCUT2D eigenvalue weighted by molar-refractivity contribution is 0.124. The topological polar surface area (TPSA) is 62.4 Å². The first-order valence-corrected chi connectivity index (χ1v) is 8.12. The fourth-order valence-corrected chi connectivity index (χ4v) is 4.79. The summed E-state index contributed by atoms with van der Waals surface area (Å²) in [5.74, 6) is 1.25. The molecular weight excluding hydrogens is 286 g/mol. The van der Waals surface area contributed by atoms with E-state index in [0.29, 0.717) is 17.5 Å². The summed E-state index contributed by atoms with van der Waals surface area (Å²) in [6.45, 7) is 4.99. The van der Waals surface area contributed by atoms with E-state index < -0.39 is 6.10 Å². The van der Waals surface area contributed by atoms with Gasteiger partial charge in [-0.05, 0) is 48.2 Å². The highest BCUT2D eigenvalue weighted by atomic mass is 16.3. The number of aromatic nitrogens is 1. The van der Waals surface area contributed by atoms with Gasteiger partial charge in [-0.25, -0.2) is 0 Å². The van der Waals surface area contributed by atoms with Gasteiger partial charge in [-0.2, -0.15) is 0 Å². The first-order chi connectivity index (χ1) is 11.2. The van der Waals surface area contributed by atoms with Crippen LogP contribution in [0.15, 0.2) is 54.9 Å². The number of nitrogens with two attached hydrogens (primary N) is 1. The standard InChI is InChI=1S/C19H19N3O/c1-2-14-15-6-8-22-17(10-19(14,15)22)18(23)12-5-7-21-16-4-3-11(20)9-13(12)16/h2-5,7,9-10,14-15,18,23H,1,6,8,20H2/t14?,15?,18-,19?/m0/s1. The Morgan fingerprint density at radius 2 is 2.30 bits per heavy atom. The minimum Gasteiger partial charge on any atom is -0.399 e. The molecule has 0 amide bonds. The van der Waals surface area contributed by atoms with Crippen LogP contribution in [-0.2, 0) is 0 Å². The van der Waals surface area contributed by atoms with Crippen molar-refractivity contribution in [2.24, 2.45) is 11.8 Å². The number of piperidine rings is 1. The molecule has 1 saturated heterocycles. The Balaban J connectivity index is 1.57. The molecular formula is C19H19N3O. The molecule has 3 aliphatic rings. The molecule has 2 aromatic rings. The van der Waals surface area contributed by atoms with E-state index in [1.807, 2.05) is 24.3 Å². The Kier molecular flexibility index (Phi) is 2.37. The maximum absolute atomic E-state index is 11.0. The zero-order valence-corrected chi connectivity index (χ0v) is 12.8. The quantitative estimate of drug-likeness (QED) is 0.676. The van der Waals surface area contributed by atoms with Gasteiger partial charge in [0.05, 0.1) is 11.1 Å². The Labute approximate surface area is 134 Å². The average molecular weight is 305 g/mol. The van der Waals surface area contributed by atoms with Gasteiger partial charge in [0, 0.05) is 35.4 Å². The van der Waals surface area contributed by atoms with Crippen molar-refractivity contribution in [2.75, 3.05) is 12.3 Å². The predicted octanol–water partition coefficient (Wildman–Crippen LogP) is 2.62. The van der Waals surface area contributed by atoms with Gasteiger partial charge in [0.1, 0.15) is 6.10 Å². The fraction of sp³-hybridized carbons (Fsp3) is 0.316. The summed E-state index contributed by atoms with van der Waals surface area (Å²) < 4.78 is 0. The maximum Gasteiger partial charge on any atom is 0.119 e. The van der Waals surface area contributed by atoms with Crippen LogP contribution in [0.4, 0.5) is 5.69 Å². The highest BCUT2D eigenvalue weighted by Crippen LogP contribution is 2.69. The number of rotatable bonds is 3. The Bertz CT molecular complexity index is 874. The molecule has 0 radical (unpaired) electrons. The zero-order chi connectivity index (χ0) is 15.8. The minimum atomic E-state index is -0.627. The van der Waals surface area contributed by atoms with E-state index in [4.69, 9.17) is 5.73 Å². The molecule has 4 nitrogen and oxygen atoms in total. The van der Waals surface area contributed by atoms with E-state index in [1.165, 1.54) is 6.42 Å². The van der Waals surface area contributed by atoms with E-state index >= 15 is 0 Å². The van der Waals surface area contributed by atoms with Crippen molar-refractivity contribution in [1.29, 1.82) is 0 Å². The number of aliphatic hydroxyl groups excluding tert-OH is 1. The monoisotopic (exact) mass is 305 g/mol. The lowest BCUT2D eigenvalue weighted by Crippen LogP contribution is -2.45. The highest BCUT2D eigenvalue weighted by Gasteiger charge is 2.73. The molecule has 3 unspecified atom stereocenters. The van der Waals surface area contributed by atoms with Gasteiger partial charge in [0.2, 0.25) is 0 Å². The lowest BCUT2D eigenvalue weighted by Gasteiger charge is -2.43. The molecule has 1 aromatic heterocycles. The van der Waals surface area contributed by atoms with Crippen LogP contribution in [0.1, 0.15) is 18.1 Å². The summed E-state index contributed by atoms with van der Waals surface area (Å²) in [6, 6.07) is 7.53. The predicted molar refractivity (Wildman–Crippen MR) is 90.4 cm³/mol. The maximum atomic E-state index is 11.0. The molecule has 2 aliphatic heterocycles. The zero-order valence-electron chi connectivity index (χ0n) is 12.8. The molecule has 4 atom stereocenters. The average Bonchev–Trinajstić information content (AvgIpc) is 3.12. The third kappa shape index (κ3) is 1.47. The van der Waals surface area contributed by atoms with E-state index in [0.717, 1.165) is 28.7 Å². The molecule has 0 bridgehead atoms. The Morgan fingerprint density at radius 3 is 3.09 bits per heavy atom. The summed E-state index contributed by atoms with van der Waals surface area (Å²) in [5, 5.41) is 11.9. The number of pyridine rings is 1. The molecule has 23 heavy (non-hydrogen) atoms. The van der Waals surface area contributed by atoms with E-state index in [-0.39, 0.29) is 5.54 Å². The highest BCUT2D eigenvalue weighted by molar-refractivity contribution is 5.85. The number of nitrogens with zero attached hydrogens (tertiary/aromatic N) is 2. The Morgan fingerprint density at radius 1 is 1.43 bits per heavy atom. The normalized spacial score (nSPS) is 31.9. The van der Waals surface area contributed by atoms with Crippen LogP contribution in [-0.4, -0.2) is 27.1 Å². The largest absolute Gasteiger partial charge is 0.399 e. The first-order valence-electron chi connectivity index (χ1n) is 8.12. The van der Waals surface area contributed by atoms with Crippen molar-refractivity contribution in [1.82, 2.24) is 9.88 Å². The van der Waals surface area contributed by atoms with Crippen molar-refractivity contribution >= 4 is 16.6 Å². The van der Waals surface area contributed by atoms with Gasteiger partial charge < -0.3 is 15.7 Å². The van der Waals surface area contributed by atoms with E-state index in [1.54, 1.807) is 6.20 Å². The molecule has 2 fully saturated rings. The first kappa shape index (κ1) is 13.1. The van der Waals surface area contributed by atoms with Crippen LogP contribution in [0, 0.1) is 11.8 Å². The summed E-state index contributed by atoms with van der Waals surface area (Å²) in [7, 11) is 0. The number of hydrogen-bond acceptors (Lipinski definition) is 4. The van der Waals surface area contributed by atoms with Gasteiger partial charge in [-0.15, -0.1) is 6.58 Å². The van der Waals surface area contributed by atoms with Crippen LogP contribution in [0.25, 0.3) is 10.9 Å². The molecule has 1 aliphatic carbocycles. The molecule has 3 heterocycles. The third-order valence-electron chi connectivity index (χ3n) is 5.90. The van der Waals surface area contributed by atoms with Crippen LogP contribution in [0.5, 0.6) is 0 Å². The summed E-state index contributed by atoms with van der Waals surface area (Å²) in [6.07, 6.45) is 6.65. The van der Waals surface area contributed by atoms with Crippen LogP contribution >= 0.6 is 0 Å². The van der Waals surface area contributed by atoms with Gasteiger partial charge >= 0.3 is 0 Å². The van der Waals surface area contributed by atoms with Crippen molar-refractivity contribution in [3.05, 3.63) is 60.5 Å². The molecule has 116 valence electrons. The molecule has 1 aromatic carbocycles. The van der Waals surface area contributed by atoms with Crippen molar-refractivity contribution in [3.8, 4) is 0 Å². The van der Waals surface area contributed by atoms with Crippen LogP contribution < -0.4 is 5.73 Å². The van der Waals surface area contributed by atoms with Gasteiger partial charge in [0.25, 0.3) is 0 Å². The molecule has 3 N–H and O–H groups in total. The number of hydrogen-bond donors (Lipinski definition) is 2. The lowest BCUT2D eigenvalue weighted by atomic mass is 9.92. The number of anilines is 1. The second kappa shape index (κ2) is 4.15. The number of aliphatic hydroxyl groups is 1. The smallest absolute Gasteiger partial charge is 0.119 e. The van der Waals surface area contributed by atoms with Gasteiger partial charge in [0.15, 0.2) is 0 Å². The Hall–Kier alpha value is -2.33. The molecule has 5 rings (SSSR count). The summed E-state index contributed by atoms with van der Waals surface area (Å²) in [4.78, 5) is 6.75. The van der Waals surface area contributed by atoms with Crippen molar-refractivity contribution in [3.63, 3.8) is 0 Å². The molecule has 1 saturated carbocycles. The summed E-state index contributed by atoms with van der Waals surface area (Å²) >= 11 is 0. The summed E-state index contributed by atoms with van der Waals surface area (Å²) in [5.41, 5.74) is 9.53. The van der Waals surface area contributed by atoms with E-state index in [2.05, 4.69) is 28.6 Å². The van der Waals surface area contributed by atoms with Crippen molar-refractivity contribution < 1.29 is 5.11 Å². The van der Waals surface area contributed by atoms with Crippen LogP contribution in [0.3, 0.4) is 0 Å². The van der Waals surface area contributed by atoms with Crippen molar-refractivity contribution in [2.45, 2.75) is 18.1 Å². The molecule has 1 spiro atoms. The number of fused-ring (bicyclic) bond motifs is 1. The fourth-order valence-electron chi connectivity index (χ4n) is 4.79. The van der Waals surface area contributed by atoms with Crippen LogP contribution in [0.2, 0.25) is 0 Å². The van der Waals surface area contributed by atoms with Gasteiger partial charge in [-0.3, -0.25) is 4.98 Å². The second-order valence-electron chi connectivity index (χ2n) is 6.84. The molecule has 4 heteroatoms. The van der Waals surface area contributed by atoms with Gasteiger partial charge in [-0.1, -0.05) is 6.08 Å². The number of nitrogen functional groups attached to an aromatic ring is 1. The SMILES string of the molecule is C=CC1C2CCN3C([C@@H](O)c4ccnc5ccc(N)cc45)=CC123. The third-order valence-corrected chi connectivity index (χ3v) is 5.90. The second-order valence-corrected chi connectivity index (χ2v) is 6.84. The van der Waals surface area contributed by atoms with E-state index in [9.17, 15) is 5.11 Å². The minimum absolute atomic E-state index is 0.167. The number of benzene rings is 1.